The highest BCUT2D eigenvalue weighted by atomic mass is 19.1. The molecule has 0 spiro atoms. The van der Waals surface area contributed by atoms with E-state index in [1.807, 2.05) is 12.2 Å². The minimum atomic E-state index is -0.260. The Bertz CT molecular complexity index is 311. The van der Waals surface area contributed by atoms with Crippen LogP contribution in [0.4, 0.5) is 4.39 Å². The van der Waals surface area contributed by atoms with Gasteiger partial charge in [0.05, 0.1) is 6.54 Å². The van der Waals surface area contributed by atoms with E-state index in [2.05, 4.69) is 5.32 Å². The van der Waals surface area contributed by atoms with Gasteiger partial charge < -0.3 is 10.6 Å². The lowest BCUT2D eigenvalue weighted by molar-refractivity contribution is -0.640. The van der Waals surface area contributed by atoms with Crippen molar-refractivity contribution in [2.45, 2.75) is 13.5 Å². The largest absolute Gasteiger partial charge is 0.347 e. The fourth-order valence-corrected chi connectivity index (χ4v) is 1.15. The van der Waals surface area contributed by atoms with Gasteiger partial charge in [0.25, 0.3) is 5.91 Å². The minimum absolute atomic E-state index is 0.00109. The normalized spacial score (nSPS) is 10.0. The second-order valence-electron chi connectivity index (χ2n) is 3.30. The molecule has 1 aromatic carbocycles. The van der Waals surface area contributed by atoms with Crippen LogP contribution in [0, 0.1) is 5.82 Å². The Labute approximate surface area is 88.7 Å². The number of hydrogen-bond donors (Lipinski definition) is 2. The molecule has 15 heavy (non-hydrogen) atoms. The van der Waals surface area contributed by atoms with Gasteiger partial charge in [-0.25, -0.2) is 4.39 Å². The quantitative estimate of drug-likeness (QED) is 0.709. The maximum Gasteiger partial charge on any atom is 0.275 e. The topological polar surface area (TPSA) is 45.7 Å². The first kappa shape index (κ1) is 11.7. The molecular weight excluding hydrogens is 195 g/mol. The highest BCUT2D eigenvalue weighted by molar-refractivity contribution is 5.76. The van der Waals surface area contributed by atoms with Crippen molar-refractivity contribution < 1.29 is 14.5 Å². The third-order valence-electron chi connectivity index (χ3n) is 2.02. The lowest BCUT2D eigenvalue weighted by atomic mass is 10.2. The number of quaternary nitrogens is 1. The average Bonchev–Trinajstić information content (AvgIpc) is 2.25. The van der Waals surface area contributed by atoms with Crippen LogP contribution in [0.15, 0.2) is 24.3 Å². The number of carbonyl (C=O) groups is 1. The zero-order valence-corrected chi connectivity index (χ0v) is 8.79. The van der Waals surface area contributed by atoms with Gasteiger partial charge in [0.1, 0.15) is 5.82 Å². The molecule has 0 bridgehead atoms. The Hall–Kier alpha value is -1.42. The summed E-state index contributed by atoms with van der Waals surface area (Å²) in [5, 5.41) is 4.68. The molecule has 0 aromatic heterocycles. The van der Waals surface area contributed by atoms with Crippen molar-refractivity contribution in [3.8, 4) is 0 Å². The fourth-order valence-electron chi connectivity index (χ4n) is 1.15. The van der Waals surface area contributed by atoms with Gasteiger partial charge in [-0.1, -0.05) is 12.1 Å². The number of carbonyl (C=O) groups excluding carboxylic acids is 1. The molecule has 0 radical (unpaired) electrons. The first-order valence-electron chi connectivity index (χ1n) is 5.05. The van der Waals surface area contributed by atoms with Gasteiger partial charge >= 0.3 is 0 Å². The number of amides is 1. The van der Waals surface area contributed by atoms with Crippen molar-refractivity contribution >= 4 is 5.91 Å². The molecule has 0 atom stereocenters. The van der Waals surface area contributed by atoms with Crippen LogP contribution in [0.1, 0.15) is 12.5 Å². The van der Waals surface area contributed by atoms with E-state index in [4.69, 9.17) is 0 Å². The molecule has 1 amide bonds. The third-order valence-corrected chi connectivity index (χ3v) is 2.02. The zero-order valence-electron chi connectivity index (χ0n) is 8.79. The summed E-state index contributed by atoms with van der Waals surface area (Å²) >= 11 is 0. The van der Waals surface area contributed by atoms with Crippen molar-refractivity contribution in [2.75, 3.05) is 13.1 Å². The van der Waals surface area contributed by atoms with Crippen LogP contribution in [0.5, 0.6) is 0 Å². The predicted molar refractivity (Wildman–Crippen MR) is 55.6 cm³/mol. The standard InChI is InChI=1S/C11H15FN2O/c1-2-13-8-11(15)14-7-9-3-5-10(12)6-4-9/h3-6,13H,2,7-8H2,1H3,(H,14,15)/p+1. The molecule has 0 fully saturated rings. The molecule has 3 N–H and O–H groups in total. The van der Waals surface area contributed by atoms with Crippen LogP contribution >= 0.6 is 0 Å². The van der Waals surface area contributed by atoms with Gasteiger partial charge in [-0.05, 0) is 24.6 Å². The van der Waals surface area contributed by atoms with Crippen molar-refractivity contribution in [1.29, 1.82) is 0 Å². The van der Waals surface area contributed by atoms with Crippen LogP contribution < -0.4 is 10.6 Å². The Morgan fingerprint density at radius 1 is 1.40 bits per heavy atom. The summed E-state index contributed by atoms with van der Waals surface area (Å²) in [6, 6.07) is 6.11. The Morgan fingerprint density at radius 3 is 2.67 bits per heavy atom. The number of likely N-dealkylation sites (N-methyl/N-ethyl adjacent to an activating group) is 1. The predicted octanol–water partition coefficient (Wildman–Crippen LogP) is 0.0252. The maximum atomic E-state index is 12.6. The average molecular weight is 211 g/mol. The fraction of sp³-hybridized carbons (Fsp3) is 0.364. The molecule has 1 aromatic rings. The molecule has 0 aliphatic carbocycles. The summed E-state index contributed by atoms with van der Waals surface area (Å²) in [4.78, 5) is 11.2. The molecule has 1 rings (SSSR count). The van der Waals surface area contributed by atoms with E-state index in [0.717, 1.165) is 12.1 Å². The molecular formula is C11H16FN2O+. The highest BCUT2D eigenvalue weighted by Crippen LogP contribution is 2.01. The molecule has 4 heteroatoms. The highest BCUT2D eigenvalue weighted by Gasteiger charge is 2.01. The van der Waals surface area contributed by atoms with Crippen molar-refractivity contribution in [3.05, 3.63) is 35.6 Å². The van der Waals surface area contributed by atoms with E-state index in [-0.39, 0.29) is 11.7 Å². The SMILES string of the molecule is CC[NH2+]CC(=O)NCc1ccc(F)cc1. The molecule has 82 valence electrons. The van der Waals surface area contributed by atoms with Crippen LogP contribution in [-0.2, 0) is 11.3 Å². The molecule has 3 nitrogen and oxygen atoms in total. The van der Waals surface area contributed by atoms with E-state index in [1.54, 1.807) is 12.1 Å². The maximum absolute atomic E-state index is 12.6. The summed E-state index contributed by atoms with van der Waals surface area (Å²) < 4.78 is 12.6. The summed E-state index contributed by atoms with van der Waals surface area (Å²) in [7, 11) is 0. The third kappa shape index (κ3) is 4.56. The number of benzene rings is 1. The van der Waals surface area contributed by atoms with Crippen molar-refractivity contribution in [3.63, 3.8) is 0 Å². The molecule has 0 unspecified atom stereocenters. The summed E-state index contributed by atoms with van der Waals surface area (Å²) in [5.41, 5.74) is 0.904. The zero-order chi connectivity index (χ0) is 11.1. The van der Waals surface area contributed by atoms with Gasteiger partial charge in [0.2, 0.25) is 0 Å². The first-order chi connectivity index (χ1) is 7.22. The van der Waals surface area contributed by atoms with Crippen LogP contribution in [0.25, 0.3) is 0 Å². The van der Waals surface area contributed by atoms with E-state index in [1.165, 1.54) is 12.1 Å². The smallest absolute Gasteiger partial charge is 0.275 e. The van der Waals surface area contributed by atoms with E-state index >= 15 is 0 Å². The van der Waals surface area contributed by atoms with Crippen LogP contribution in [0.3, 0.4) is 0 Å². The van der Waals surface area contributed by atoms with Crippen LogP contribution in [-0.4, -0.2) is 19.0 Å². The Balaban J connectivity index is 2.30. The molecule has 0 saturated heterocycles. The lowest BCUT2D eigenvalue weighted by Crippen LogP contribution is -2.86. The molecule has 0 saturated carbocycles. The lowest BCUT2D eigenvalue weighted by Gasteiger charge is -2.03. The van der Waals surface area contributed by atoms with Crippen LogP contribution in [0.2, 0.25) is 0 Å². The monoisotopic (exact) mass is 211 g/mol. The van der Waals surface area contributed by atoms with E-state index < -0.39 is 0 Å². The number of nitrogens with two attached hydrogens (primary N) is 1. The van der Waals surface area contributed by atoms with Gasteiger partial charge in [-0.3, -0.25) is 4.79 Å². The van der Waals surface area contributed by atoms with Gasteiger partial charge in [-0.15, -0.1) is 0 Å². The Morgan fingerprint density at radius 2 is 2.07 bits per heavy atom. The number of hydrogen-bond acceptors (Lipinski definition) is 1. The summed E-state index contributed by atoms with van der Waals surface area (Å²) in [5.74, 6) is -0.259. The molecule has 0 heterocycles. The van der Waals surface area contributed by atoms with E-state index in [9.17, 15) is 9.18 Å². The van der Waals surface area contributed by atoms with Gasteiger partial charge in [0, 0.05) is 6.54 Å². The summed E-state index contributed by atoms with van der Waals surface area (Å²) in [6.07, 6.45) is 0. The van der Waals surface area contributed by atoms with Gasteiger partial charge in [-0.2, -0.15) is 0 Å². The minimum Gasteiger partial charge on any atom is -0.347 e. The summed E-state index contributed by atoms with van der Waals surface area (Å²) in [6.45, 7) is 3.78. The van der Waals surface area contributed by atoms with Crippen molar-refractivity contribution in [2.24, 2.45) is 0 Å². The Kier molecular flexibility index (Phi) is 4.77. The van der Waals surface area contributed by atoms with Crippen molar-refractivity contribution in [1.82, 2.24) is 5.32 Å². The molecule has 0 aliphatic heterocycles. The van der Waals surface area contributed by atoms with Gasteiger partial charge in [0.15, 0.2) is 6.54 Å². The second kappa shape index (κ2) is 6.14. The van der Waals surface area contributed by atoms with E-state index in [0.29, 0.717) is 13.1 Å². The number of nitrogens with one attached hydrogen (secondary N) is 1. The second-order valence-corrected chi connectivity index (χ2v) is 3.30. The first-order valence-corrected chi connectivity index (χ1v) is 5.05. The number of rotatable bonds is 5. The number of halogens is 1. The molecule has 0 aliphatic rings.